The van der Waals surface area contributed by atoms with E-state index in [4.69, 9.17) is 0 Å². The van der Waals surface area contributed by atoms with Crippen molar-refractivity contribution in [2.45, 2.75) is 52.6 Å². The van der Waals surface area contributed by atoms with Crippen molar-refractivity contribution in [2.75, 3.05) is 0 Å². The van der Waals surface area contributed by atoms with E-state index in [0.29, 0.717) is 17.5 Å². The lowest BCUT2D eigenvalue weighted by Crippen LogP contribution is -2.35. The van der Waals surface area contributed by atoms with Gasteiger partial charge in [0.25, 0.3) is 0 Å². The molecule has 2 atom stereocenters. The van der Waals surface area contributed by atoms with Gasteiger partial charge < -0.3 is 5.32 Å². The lowest BCUT2D eigenvalue weighted by atomic mass is 9.97. The molecule has 0 saturated heterocycles. The molecule has 0 amide bonds. The first kappa shape index (κ1) is 11.7. The van der Waals surface area contributed by atoms with Gasteiger partial charge >= 0.3 is 0 Å². The maximum Gasteiger partial charge on any atom is 0.0297 e. The van der Waals surface area contributed by atoms with Gasteiger partial charge in [-0.1, -0.05) is 31.2 Å². The molecule has 0 heterocycles. The second-order valence-electron chi connectivity index (χ2n) is 5.62. The summed E-state index contributed by atoms with van der Waals surface area (Å²) < 4.78 is 0. The molecule has 1 fully saturated rings. The Labute approximate surface area is 99.3 Å². The Morgan fingerprint density at radius 2 is 1.81 bits per heavy atom. The van der Waals surface area contributed by atoms with Crippen LogP contribution in [0, 0.1) is 12.3 Å². The largest absolute Gasteiger partial charge is 0.307 e. The van der Waals surface area contributed by atoms with Crippen LogP contribution in [0.5, 0.6) is 0 Å². The fraction of sp³-hybridized carbons (Fsp3) is 0.600. The highest BCUT2D eigenvalue weighted by atomic mass is 15.0. The molecular formula is C15H23N. The first-order valence-electron chi connectivity index (χ1n) is 6.34. The van der Waals surface area contributed by atoms with Gasteiger partial charge in [0.1, 0.15) is 0 Å². The molecule has 1 aliphatic carbocycles. The van der Waals surface area contributed by atoms with Crippen molar-refractivity contribution >= 4 is 0 Å². The van der Waals surface area contributed by atoms with E-state index in [2.05, 4.69) is 57.3 Å². The zero-order valence-electron chi connectivity index (χ0n) is 10.9. The summed E-state index contributed by atoms with van der Waals surface area (Å²) in [5.41, 5.74) is 3.37. The van der Waals surface area contributed by atoms with Gasteiger partial charge in [-0.05, 0) is 50.2 Å². The predicted molar refractivity (Wildman–Crippen MR) is 69.5 cm³/mol. The monoisotopic (exact) mass is 217 g/mol. The van der Waals surface area contributed by atoms with Crippen molar-refractivity contribution in [2.24, 2.45) is 5.41 Å². The SMILES string of the molecule is Cc1ccccc1[C@@H](C)NC(C)C1(C)CC1. The van der Waals surface area contributed by atoms with Gasteiger partial charge in [-0.25, -0.2) is 0 Å². The molecule has 0 aromatic heterocycles. The summed E-state index contributed by atoms with van der Waals surface area (Å²) in [6.07, 6.45) is 2.75. The molecule has 1 aromatic rings. The van der Waals surface area contributed by atoms with E-state index in [1.165, 1.54) is 24.0 Å². The van der Waals surface area contributed by atoms with Crippen LogP contribution in [-0.4, -0.2) is 6.04 Å². The molecule has 16 heavy (non-hydrogen) atoms. The topological polar surface area (TPSA) is 12.0 Å². The van der Waals surface area contributed by atoms with Crippen molar-refractivity contribution in [1.82, 2.24) is 5.32 Å². The molecule has 2 rings (SSSR count). The third-order valence-corrected chi connectivity index (χ3v) is 4.24. The van der Waals surface area contributed by atoms with Crippen LogP contribution < -0.4 is 5.32 Å². The van der Waals surface area contributed by atoms with Crippen molar-refractivity contribution in [1.29, 1.82) is 0 Å². The van der Waals surface area contributed by atoms with Gasteiger partial charge in [-0.15, -0.1) is 0 Å². The van der Waals surface area contributed by atoms with E-state index in [-0.39, 0.29) is 0 Å². The van der Waals surface area contributed by atoms with Crippen molar-refractivity contribution in [3.8, 4) is 0 Å². The highest BCUT2D eigenvalue weighted by Gasteiger charge is 2.42. The predicted octanol–water partition coefficient (Wildman–Crippen LogP) is 3.83. The second-order valence-corrected chi connectivity index (χ2v) is 5.62. The van der Waals surface area contributed by atoms with Crippen LogP contribution in [-0.2, 0) is 0 Å². The zero-order valence-corrected chi connectivity index (χ0v) is 10.9. The molecular weight excluding hydrogens is 194 g/mol. The van der Waals surface area contributed by atoms with Crippen LogP contribution in [0.1, 0.15) is 50.8 Å². The number of hydrogen-bond acceptors (Lipinski definition) is 1. The summed E-state index contributed by atoms with van der Waals surface area (Å²) >= 11 is 0. The highest BCUT2D eigenvalue weighted by Crippen LogP contribution is 2.48. The third kappa shape index (κ3) is 2.30. The molecule has 1 heteroatoms. The second kappa shape index (κ2) is 4.21. The average Bonchev–Trinajstić information content (AvgIpc) is 2.98. The van der Waals surface area contributed by atoms with E-state index < -0.39 is 0 Å². The molecule has 0 bridgehead atoms. The zero-order chi connectivity index (χ0) is 11.8. The standard InChI is InChI=1S/C15H23N/c1-11-7-5-6-8-14(11)12(2)16-13(3)15(4)9-10-15/h5-8,12-13,16H,9-10H2,1-4H3/t12-,13?/m1/s1. The van der Waals surface area contributed by atoms with Crippen LogP contribution in [0.2, 0.25) is 0 Å². The summed E-state index contributed by atoms with van der Waals surface area (Å²) in [6, 6.07) is 9.73. The van der Waals surface area contributed by atoms with E-state index >= 15 is 0 Å². The normalized spacial score (nSPS) is 21.5. The molecule has 0 spiro atoms. The quantitative estimate of drug-likeness (QED) is 0.808. The van der Waals surface area contributed by atoms with Crippen molar-refractivity contribution < 1.29 is 0 Å². The molecule has 1 aromatic carbocycles. The van der Waals surface area contributed by atoms with Crippen LogP contribution in [0.25, 0.3) is 0 Å². The Kier molecular flexibility index (Phi) is 3.07. The Balaban J connectivity index is 2.03. The average molecular weight is 217 g/mol. The molecule has 1 nitrogen and oxygen atoms in total. The van der Waals surface area contributed by atoms with Gasteiger partial charge in [0.15, 0.2) is 0 Å². The van der Waals surface area contributed by atoms with Crippen LogP contribution in [0.4, 0.5) is 0 Å². The molecule has 1 unspecified atom stereocenters. The molecule has 0 radical (unpaired) electrons. The summed E-state index contributed by atoms with van der Waals surface area (Å²) in [5, 5.41) is 3.74. The van der Waals surface area contributed by atoms with E-state index in [9.17, 15) is 0 Å². The molecule has 1 N–H and O–H groups in total. The Bertz CT molecular complexity index is 365. The highest BCUT2D eigenvalue weighted by molar-refractivity contribution is 5.28. The summed E-state index contributed by atoms with van der Waals surface area (Å²) in [5.74, 6) is 0. The maximum atomic E-state index is 3.74. The van der Waals surface area contributed by atoms with Gasteiger partial charge in [0.2, 0.25) is 0 Å². The molecule has 88 valence electrons. The first-order valence-corrected chi connectivity index (χ1v) is 6.34. The number of benzene rings is 1. The molecule has 1 aliphatic rings. The minimum atomic E-state index is 0.452. The lowest BCUT2D eigenvalue weighted by molar-refractivity contribution is 0.350. The molecule has 1 saturated carbocycles. The Morgan fingerprint density at radius 1 is 1.19 bits per heavy atom. The number of hydrogen-bond donors (Lipinski definition) is 1. The van der Waals surface area contributed by atoms with E-state index in [1.54, 1.807) is 0 Å². The smallest absolute Gasteiger partial charge is 0.0297 e. The number of aryl methyl sites for hydroxylation is 1. The first-order chi connectivity index (χ1) is 7.53. The summed E-state index contributed by atoms with van der Waals surface area (Å²) in [6.45, 7) is 9.17. The number of nitrogens with one attached hydrogen (secondary N) is 1. The van der Waals surface area contributed by atoms with E-state index in [0.717, 1.165) is 0 Å². The Hall–Kier alpha value is -0.820. The van der Waals surface area contributed by atoms with Gasteiger partial charge in [0, 0.05) is 12.1 Å². The minimum Gasteiger partial charge on any atom is -0.307 e. The third-order valence-electron chi connectivity index (χ3n) is 4.24. The maximum absolute atomic E-state index is 3.74. The fourth-order valence-corrected chi connectivity index (χ4v) is 2.37. The minimum absolute atomic E-state index is 0.452. The van der Waals surface area contributed by atoms with Crippen LogP contribution in [0.15, 0.2) is 24.3 Å². The van der Waals surface area contributed by atoms with Gasteiger partial charge in [-0.2, -0.15) is 0 Å². The number of rotatable bonds is 4. The van der Waals surface area contributed by atoms with Crippen molar-refractivity contribution in [3.63, 3.8) is 0 Å². The van der Waals surface area contributed by atoms with Gasteiger partial charge in [0.05, 0.1) is 0 Å². The summed E-state index contributed by atoms with van der Waals surface area (Å²) in [7, 11) is 0. The Morgan fingerprint density at radius 3 is 2.38 bits per heavy atom. The fourth-order valence-electron chi connectivity index (χ4n) is 2.37. The lowest BCUT2D eigenvalue weighted by Gasteiger charge is -2.26. The van der Waals surface area contributed by atoms with Crippen molar-refractivity contribution in [3.05, 3.63) is 35.4 Å². The van der Waals surface area contributed by atoms with Crippen LogP contribution in [0.3, 0.4) is 0 Å². The summed E-state index contributed by atoms with van der Waals surface area (Å²) in [4.78, 5) is 0. The van der Waals surface area contributed by atoms with Gasteiger partial charge in [-0.3, -0.25) is 0 Å². The van der Waals surface area contributed by atoms with E-state index in [1.807, 2.05) is 0 Å². The van der Waals surface area contributed by atoms with Crippen LogP contribution >= 0.6 is 0 Å². The molecule has 0 aliphatic heterocycles.